The van der Waals surface area contributed by atoms with Gasteiger partial charge < -0.3 is 29.9 Å². The highest BCUT2D eigenvalue weighted by atomic mass is 35.5. The van der Waals surface area contributed by atoms with Crippen LogP contribution in [0.3, 0.4) is 0 Å². The SMILES string of the molecule is Cn1c(-c2cn(-c3ncc(N)cc3F)nc2C(F)(F)F)cnc1C(=O)Nc1ccc(C(=O)N2CCN(C(=O)C3CC[N+](C)(C)CC3)CC2)c(Cl)c1. The lowest BCUT2D eigenvalue weighted by atomic mass is 9.94. The Labute approximate surface area is 295 Å². The number of hydrogen-bond acceptors (Lipinski definition) is 7. The Morgan fingerprint density at radius 2 is 1.67 bits per heavy atom. The van der Waals surface area contributed by atoms with Gasteiger partial charge in [-0.15, -0.1) is 0 Å². The van der Waals surface area contributed by atoms with Crippen LogP contribution < -0.4 is 11.1 Å². The second-order valence-electron chi connectivity index (χ2n) is 13.4. The molecule has 0 aliphatic carbocycles. The van der Waals surface area contributed by atoms with Gasteiger partial charge in [0.05, 0.1) is 67.1 Å². The minimum atomic E-state index is -4.94. The predicted molar refractivity (Wildman–Crippen MR) is 179 cm³/mol. The lowest BCUT2D eigenvalue weighted by molar-refractivity contribution is -0.895. The summed E-state index contributed by atoms with van der Waals surface area (Å²) in [6, 6.07) is 5.24. The highest BCUT2D eigenvalue weighted by Crippen LogP contribution is 2.37. The molecule has 0 spiro atoms. The Hall–Kier alpha value is -5.03. The molecule has 0 radical (unpaired) electrons. The number of nitrogens with one attached hydrogen (secondary N) is 1. The lowest BCUT2D eigenvalue weighted by Gasteiger charge is -2.40. The normalized spacial score (nSPS) is 16.7. The summed E-state index contributed by atoms with van der Waals surface area (Å²) in [4.78, 5) is 50.9. The van der Waals surface area contributed by atoms with E-state index in [4.69, 9.17) is 17.3 Å². The molecule has 5 heterocycles. The van der Waals surface area contributed by atoms with Gasteiger partial charge >= 0.3 is 6.18 Å². The van der Waals surface area contributed by atoms with Gasteiger partial charge in [-0.1, -0.05) is 11.6 Å². The highest BCUT2D eigenvalue weighted by molar-refractivity contribution is 6.34. The van der Waals surface area contributed by atoms with Crippen molar-refractivity contribution in [2.24, 2.45) is 13.0 Å². The number of pyridine rings is 1. The minimum Gasteiger partial charge on any atom is -0.397 e. The van der Waals surface area contributed by atoms with E-state index in [0.29, 0.717) is 30.9 Å². The van der Waals surface area contributed by atoms with Crippen LogP contribution >= 0.6 is 11.6 Å². The third-order valence-electron chi connectivity index (χ3n) is 9.36. The number of hydrogen-bond donors (Lipinski definition) is 2. The van der Waals surface area contributed by atoms with Crippen LogP contribution in [0.15, 0.2) is 42.9 Å². The van der Waals surface area contributed by atoms with Crippen LogP contribution in [0.25, 0.3) is 17.1 Å². The highest BCUT2D eigenvalue weighted by Gasteiger charge is 2.39. The average Bonchev–Trinajstić information content (AvgIpc) is 3.68. The first kappa shape index (κ1) is 35.8. The molecule has 0 atom stereocenters. The molecule has 51 heavy (non-hydrogen) atoms. The number of halogens is 5. The molecule has 13 nitrogen and oxygen atoms in total. The number of benzene rings is 1. The number of imidazole rings is 1. The molecule has 4 aromatic rings. The zero-order valence-corrected chi connectivity index (χ0v) is 28.8. The maximum atomic E-state index is 14.5. The van der Waals surface area contributed by atoms with Crippen LogP contribution in [0, 0.1) is 11.7 Å². The number of nitrogens with two attached hydrogens (primary N) is 1. The van der Waals surface area contributed by atoms with Crippen molar-refractivity contribution in [3.63, 3.8) is 0 Å². The number of alkyl halides is 3. The summed E-state index contributed by atoms with van der Waals surface area (Å²) in [5.41, 5.74) is 3.97. The van der Waals surface area contributed by atoms with E-state index in [2.05, 4.69) is 34.5 Å². The molecule has 2 fully saturated rings. The largest absolute Gasteiger partial charge is 0.435 e. The molecule has 6 rings (SSSR count). The molecule has 2 aliphatic heterocycles. The van der Waals surface area contributed by atoms with Gasteiger partial charge in [-0.3, -0.25) is 14.4 Å². The van der Waals surface area contributed by atoms with Crippen molar-refractivity contribution in [1.29, 1.82) is 0 Å². The number of carbonyl (C=O) groups excluding carboxylic acids is 3. The molecular weight excluding hydrogens is 696 g/mol. The van der Waals surface area contributed by atoms with Crippen LogP contribution in [0.1, 0.15) is 39.5 Å². The molecule has 0 bridgehead atoms. The first-order valence-electron chi connectivity index (χ1n) is 16.1. The van der Waals surface area contributed by atoms with Crippen molar-refractivity contribution >= 4 is 40.7 Å². The number of nitrogen functional groups attached to an aromatic ring is 1. The van der Waals surface area contributed by atoms with Crippen molar-refractivity contribution in [3.05, 3.63) is 70.8 Å². The summed E-state index contributed by atoms with van der Waals surface area (Å²) in [6.07, 6.45) is -0.161. The van der Waals surface area contributed by atoms with Crippen LogP contribution in [0.4, 0.5) is 28.9 Å². The van der Waals surface area contributed by atoms with Gasteiger partial charge in [0.2, 0.25) is 5.91 Å². The Kier molecular flexibility index (Phi) is 9.54. The molecule has 0 saturated carbocycles. The van der Waals surface area contributed by atoms with E-state index in [1.807, 2.05) is 4.90 Å². The standard InChI is InChI=1S/C33H35ClF4N10O3/c1-44-26(23-18-47(43-27(23)33(36,37)38)28-25(35)14-20(39)16-40-28)17-41-29(44)30(49)42-21-4-5-22(24(34)15-21)32(51)46-10-8-45(9-11-46)31(50)19-6-12-48(2,3)13-7-19/h4-5,14-19H,6-13,39H2,1-3H3/p+1. The number of piperidine rings is 1. The molecule has 0 unspecified atom stereocenters. The quantitative estimate of drug-likeness (QED) is 0.225. The van der Waals surface area contributed by atoms with Crippen LogP contribution in [0.2, 0.25) is 5.02 Å². The lowest BCUT2D eigenvalue weighted by Crippen LogP contribution is -2.54. The van der Waals surface area contributed by atoms with Gasteiger partial charge in [-0.2, -0.15) is 18.3 Å². The average molecular weight is 732 g/mol. The van der Waals surface area contributed by atoms with Gasteiger partial charge in [-0.05, 0) is 18.2 Å². The van der Waals surface area contributed by atoms with E-state index in [1.165, 1.54) is 25.2 Å². The number of quaternary nitrogens is 1. The van der Waals surface area contributed by atoms with Crippen molar-refractivity contribution in [2.45, 2.75) is 19.0 Å². The number of nitrogens with zero attached hydrogens (tertiary/aromatic N) is 8. The number of anilines is 2. The van der Waals surface area contributed by atoms with Crippen molar-refractivity contribution < 1.29 is 36.4 Å². The predicted octanol–water partition coefficient (Wildman–Crippen LogP) is 4.08. The molecule has 18 heteroatoms. The molecule has 2 aliphatic rings. The summed E-state index contributed by atoms with van der Waals surface area (Å²) >= 11 is 6.48. The van der Waals surface area contributed by atoms with Gasteiger partial charge in [0.15, 0.2) is 23.2 Å². The Morgan fingerprint density at radius 3 is 2.29 bits per heavy atom. The van der Waals surface area contributed by atoms with E-state index < -0.39 is 35.0 Å². The van der Waals surface area contributed by atoms with Crippen molar-refractivity contribution in [3.8, 4) is 17.1 Å². The van der Waals surface area contributed by atoms with Gasteiger partial charge in [0.25, 0.3) is 11.8 Å². The third-order valence-corrected chi connectivity index (χ3v) is 9.67. The summed E-state index contributed by atoms with van der Waals surface area (Å²) in [5, 5.41) is 6.20. The molecule has 3 N–H and O–H groups in total. The monoisotopic (exact) mass is 731 g/mol. The number of aromatic nitrogens is 5. The third kappa shape index (κ3) is 7.39. The molecule has 3 aromatic heterocycles. The van der Waals surface area contributed by atoms with E-state index >= 15 is 0 Å². The number of carbonyl (C=O) groups is 3. The summed E-state index contributed by atoms with van der Waals surface area (Å²) in [6.45, 7) is 3.48. The minimum absolute atomic E-state index is 0.00753. The molecule has 270 valence electrons. The number of amides is 3. The maximum absolute atomic E-state index is 14.5. The fourth-order valence-corrected chi connectivity index (χ4v) is 6.65. The fourth-order valence-electron chi connectivity index (χ4n) is 6.39. The zero-order valence-electron chi connectivity index (χ0n) is 28.0. The Morgan fingerprint density at radius 1 is 1.00 bits per heavy atom. The first-order chi connectivity index (χ1) is 24.0. The second-order valence-corrected chi connectivity index (χ2v) is 13.8. The van der Waals surface area contributed by atoms with Crippen LogP contribution in [-0.2, 0) is 18.0 Å². The van der Waals surface area contributed by atoms with Gasteiger partial charge in [0, 0.05) is 69.9 Å². The smallest absolute Gasteiger partial charge is 0.397 e. The summed E-state index contributed by atoms with van der Waals surface area (Å²) in [5.74, 6) is -2.67. The summed E-state index contributed by atoms with van der Waals surface area (Å²) < 4.78 is 59.2. The number of rotatable bonds is 6. The Bertz CT molecular complexity index is 1990. The van der Waals surface area contributed by atoms with Gasteiger partial charge in [-0.25, -0.2) is 19.0 Å². The van der Waals surface area contributed by atoms with Crippen LogP contribution in [0.5, 0.6) is 0 Å². The first-order valence-corrected chi connectivity index (χ1v) is 16.5. The maximum Gasteiger partial charge on any atom is 0.435 e. The molecule has 3 amide bonds. The molecule has 2 saturated heterocycles. The Balaban J connectivity index is 1.12. The van der Waals surface area contributed by atoms with Crippen LogP contribution in [-0.4, -0.2) is 110 Å². The van der Waals surface area contributed by atoms with E-state index in [0.717, 1.165) is 59.6 Å². The van der Waals surface area contributed by atoms with Crippen molar-refractivity contribution in [1.82, 2.24) is 34.1 Å². The zero-order chi connectivity index (χ0) is 36.8. The second kappa shape index (κ2) is 13.6. The number of piperazine rings is 1. The molecule has 1 aromatic carbocycles. The fraction of sp³-hybridized carbons (Fsp3) is 0.394. The van der Waals surface area contributed by atoms with Crippen molar-refractivity contribution in [2.75, 3.05) is 64.4 Å². The summed E-state index contributed by atoms with van der Waals surface area (Å²) in [7, 11) is 5.67. The number of likely N-dealkylation sites (tertiary alicyclic amines) is 1. The van der Waals surface area contributed by atoms with Gasteiger partial charge in [0.1, 0.15) is 0 Å². The van der Waals surface area contributed by atoms with E-state index in [-0.39, 0.29) is 51.2 Å². The topological polar surface area (TPSA) is 144 Å². The molecular formula is C33H36ClF4N10O3+. The van der Waals surface area contributed by atoms with E-state index in [9.17, 15) is 31.9 Å². The van der Waals surface area contributed by atoms with E-state index in [1.54, 1.807) is 4.90 Å².